The third-order valence-corrected chi connectivity index (χ3v) is 15.4. The van der Waals surface area contributed by atoms with Crippen LogP contribution in [0.2, 0.25) is 0 Å². The van der Waals surface area contributed by atoms with E-state index in [9.17, 15) is 0 Å². The van der Waals surface area contributed by atoms with E-state index in [4.69, 9.17) is 0 Å². The highest BCUT2D eigenvalue weighted by Crippen LogP contribution is 2.85. The van der Waals surface area contributed by atoms with Crippen LogP contribution in [0.3, 0.4) is 0 Å². The third kappa shape index (κ3) is 1.63. The average Bonchev–Trinajstić information content (AvgIpc) is 2.03. The van der Waals surface area contributed by atoms with E-state index in [-0.39, 0.29) is 6.95 Å². The zero-order chi connectivity index (χ0) is 7.73. The standard InChI is InChI=1S/C9H19P2/c1-11-8-4-2-6-10(11)7-3-5-9-11/h2-9H2,1H3/q+1. The Morgan fingerprint density at radius 3 is 1.91 bits per heavy atom. The molecule has 2 rings (SSSR count). The molecule has 11 heavy (non-hydrogen) atoms. The van der Waals surface area contributed by atoms with Gasteiger partial charge < -0.3 is 0 Å². The molecule has 2 heteroatoms. The molecule has 0 aliphatic carbocycles. The lowest BCUT2D eigenvalue weighted by Gasteiger charge is -2.38. The maximum absolute atomic E-state index is 2.68. The summed E-state index contributed by atoms with van der Waals surface area (Å²) in [6, 6.07) is 0. The Bertz CT molecular complexity index is 132. The van der Waals surface area contributed by atoms with E-state index < -0.39 is 0 Å². The van der Waals surface area contributed by atoms with E-state index in [1.54, 1.807) is 50.3 Å². The van der Waals surface area contributed by atoms with E-state index in [2.05, 4.69) is 6.66 Å². The van der Waals surface area contributed by atoms with Gasteiger partial charge in [-0.05, 0) is 25.7 Å². The highest BCUT2D eigenvalue weighted by atomic mass is 32.1. The van der Waals surface area contributed by atoms with E-state index in [0.717, 1.165) is 0 Å². The molecule has 2 heterocycles. The van der Waals surface area contributed by atoms with Crippen molar-refractivity contribution in [3.63, 3.8) is 0 Å². The minimum Gasteiger partial charge on any atom is -0.0425 e. The van der Waals surface area contributed by atoms with Crippen LogP contribution in [0.25, 0.3) is 0 Å². The lowest BCUT2D eigenvalue weighted by atomic mass is 10.4. The fourth-order valence-corrected chi connectivity index (χ4v) is 13.7. The van der Waals surface area contributed by atoms with E-state index in [1.165, 1.54) is 0 Å². The van der Waals surface area contributed by atoms with Crippen molar-refractivity contribution in [3.05, 3.63) is 0 Å². The van der Waals surface area contributed by atoms with Gasteiger partial charge in [0.15, 0.2) is 0 Å². The average molecular weight is 189 g/mol. The molecule has 0 aromatic carbocycles. The highest BCUT2D eigenvalue weighted by molar-refractivity contribution is 8.38. The zero-order valence-electron chi connectivity index (χ0n) is 7.55. The second-order valence-corrected chi connectivity index (χ2v) is 14.2. The molecule has 0 atom stereocenters. The molecule has 0 aromatic rings. The summed E-state index contributed by atoms with van der Waals surface area (Å²) in [5, 5.41) is 0. The van der Waals surface area contributed by atoms with Crippen LogP contribution in [-0.2, 0) is 0 Å². The van der Waals surface area contributed by atoms with Crippen LogP contribution in [0.4, 0.5) is 0 Å². The first-order valence-electron chi connectivity index (χ1n) is 4.91. The van der Waals surface area contributed by atoms with Crippen molar-refractivity contribution in [2.24, 2.45) is 0 Å². The molecule has 0 saturated carbocycles. The Hall–Kier alpha value is 0.860. The highest BCUT2D eigenvalue weighted by Gasteiger charge is 2.44. The monoisotopic (exact) mass is 189 g/mol. The molecular formula is C9H19P2+. The molecule has 2 fully saturated rings. The molecule has 2 saturated heterocycles. The molecule has 2 aliphatic rings. The fraction of sp³-hybridized carbons (Fsp3) is 1.00. The van der Waals surface area contributed by atoms with Crippen molar-refractivity contribution in [2.75, 3.05) is 31.3 Å². The summed E-state index contributed by atoms with van der Waals surface area (Å²) < 4.78 is 0. The van der Waals surface area contributed by atoms with Crippen molar-refractivity contribution in [2.45, 2.75) is 25.7 Å². The van der Waals surface area contributed by atoms with Gasteiger partial charge in [-0.25, -0.2) is 0 Å². The molecule has 0 unspecified atom stereocenters. The van der Waals surface area contributed by atoms with Crippen LogP contribution in [-0.4, -0.2) is 31.3 Å². The van der Waals surface area contributed by atoms with Gasteiger partial charge >= 0.3 is 0 Å². The Labute approximate surface area is 72.1 Å². The van der Waals surface area contributed by atoms with Gasteiger partial charge in [0, 0.05) is 19.3 Å². The number of hydrogen-bond donors (Lipinski definition) is 0. The van der Waals surface area contributed by atoms with E-state index in [0.29, 0.717) is 7.61 Å². The van der Waals surface area contributed by atoms with Crippen LogP contribution in [0.1, 0.15) is 25.7 Å². The Balaban J connectivity index is 2.06. The topological polar surface area (TPSA) is 0 Å². The van der Waals surface area contributed by atoms with Gasteiger partial charge in [-0.1, -0.05) is 0 Å². The molecule has 0 nitrogen and oxygen atoms in total. The summed E-state index contributed by atoms with van der Waals surface area (Å²) in [5.41, 5.74) is 0. The molecule has 0 aromatic heterocycles. The predicted octanol–water partition coefficient (Wildman–Crippen LogP) is 3.62. The van der Waals surface area contributed by atoms with Crippen LogP contribution >= 0.6 is 14.6 Å². The van der Waals surface area contributed by atoms with Crippen molar-refractivity contribution in [3.8, 4) is 0 Å². The quantitative estimate of drug-likeness (QED) is 0.510. The number of rotatable bonds is 0. The summed E-state index contributed by atoms with van der Waals surface area (Å²) in [4.78, 5) is 0. The summed E-state index contributed by atoms with van der Waals surface area (Å²) in [7, 11) is 0.583. The minimum absolute atomic E-state index is 0.303. The molecule has 2 aliphatic heterocycles. The van der Waals surface area contributed by atoms with E-state index >= 15 is 0 Å². The molecule has 0 spiro atoms. The van der Waals surface area contributed by atoms with Crippen LogP contribution in [0.5, 0.6) is 0 Å². The van der Waals surface area contributed by atoms with Gasteiger partial charge in [0.05, 0.1) is 26.6 Å². The molecule has 0 amide bonds. The van der Waals surface area contributed by atoms with Gasteiger partial charge in [0.2, 0.25) is 0 Å². The smallest absolute Gasteiger partial charge is 0.0425 e. The largest absolute Gasteiger partial charge is 0.0613 e. The van der Waals surface area contributed by atoms with Crippen LogP contribution in [0, 0.1) is 0 Å². The maximum Gasteiger partial charge on any atom is 0.0613 e. The minimum atomic E-state index is -0.303. The first kappa shape index (κ1) is 8.46. The van der Waals surface area contributed by atoms with Gasteiger partial charge in [0.25, 0.3) is 0 Å². The second kappa shape index (κ2) is 3.31. The SMILES string of the molecule is C[P+]12CCCCP1CCCC2. The van der Waals surface area contributed by atoms with Crippen molar-refractivity contribution >= 4 is 14.6 Å². The molecule has 0 N–H and O–H groups in total. The number of fused-ring (bicyclic) bond motifs is 1. The van der Waals surface area contributed by atoms with Crippen molar-refractivity contribution < 1.29 is 0 Å². The van der Waals surface area contributed by atoms with Gasteiger partial charge in [-0.3, -0.25) is 0 Å². The summed E-state index contributed by atoms with van der Waals surface area (Å²) in [5.74, 6) is 0. The number of hydrogen-bond acceptors (Lipinski definition) is 0. The van der Waals surface area contributed by atoms with Crippen molar-refractivity contribution in [1.82, 2.24) is 0 Å². The van der Waals surface area contributed by atoms with Crippen LogP contribution < -0.4 is 0 Å². The van der Waals surface area contributed by atoms with Gasteiger partial charge in [0.1, 0.15) is 0 Å². The fourth-order valence-electron chi connectivity index (χ4n) is 2.48. The zero-order valence-corrected chi connectivity index (χ0v) is 9.34. The van der Waals surface area contributed by atoms with Gasteiger partial charge in [-0.15, -0.1) is 0 Å². The first-order valence-corrected chi connectivity index (χ1v) is 9.94. The predicted molar refractivity (Wildman–Crippen MR) is 57.7 cm³/mol. The summed E-state index contributed by atoms with van der Waals surface area (Å²) in [6.07, 6.45) is 12.9. The Morgan fingerprint density at radius 1 is 0.909 bits per heavy atom. The first-order chi connectivity index (χ1) is 5.31. The normalized spacial score (nSPS) is 45.0. The molecule has 64 valence electrons. The van der Waals surface area contributed by atoms with Gasteiger partial charge in [-0.2, -0.15) is 0 Å². The summed E-state index contributed by atoms with van der Waals surface area (Å²) >= 11 is 0. The summed E-state index contributed by atoms with van der Waals surface area (Å²) in [6.45, 7) is 2.37. The maximum atomic E-state index is 2.68. The molecular weight excluding hydrogens is 170 g/mol. The lowest BCUT2D eigenvalue weighted by molar-refractivity contribution is 0.837. The Morgan fingerprint density at radius 2 is 1.45 bits per heavy atom. The lowest BCUT2D eigenvalue weighted by Crippen LogP contribution is -2.14. The third-order valence-electron chi connectivity index (χ3n) is 3.29. The van der Waals surface area contributed by atoms with Crippen LogP contribution in [0.15, 0.2) is 0 Å². The Kier molecular flexibility index (Phi) is 2.55. The van der Waals surface area contributed by atoms with E-state index in [1.807, 2.05) is 0 Å². The second-order valence-electron chi connectivity index (χ2n) is 4.15. The molecule has 0 radical (unpaired) electrons. The molecule has 0 bridgehead atoms. The van der Waals surface area contributed by atoms with Crippen molar-refractivity contribution in [1.29, 1.82) is 0 Å².